The summed E-state index contributed by atoms with van der Waals surface area (Å²) >= 11 is 0. The average Bonchev–Trinajstić information content (AvgIpc) is 2.71. The number of hydrogen-bond acceptors (Lipinski definition) is 3. The van der Waals surface area contributed by atoms with E-state index in [1.807, 2.05) is 6.92 Å². The van der Waals surface area contributed by atoms with Crippen LogP contribution in [0.15, 0.2) is 29.3 Å². The molecule has 1 aromatic rings. The maximum absolute atomic E-state index is 13.1. The van der Waals surface area contributed by atoms with Crippen molar-refractivity contribution in [2.45, 2.75) is 32.6 Å². The molecule has 7 nitrogen and oxygen atoms in total. The van der Waals surface area contributed by atoms with Gasteiger partial charge in [0.05, 0.1) is 12.5 Å². The van der Waals surface area contributed by atoms with Crippen LogP contribution in [0.2, 0.25) is 0 Å². The SMILES string of the molecule is CCNC(=NCC(Cc1ccc(F)cc1)C(N)=O)N1CCC(CC(=O)NC)CC1.I. The molecule has 0 spiro atoms. The summed E-state index contributed by atoms with van der Waals surface area (Å²) in [7, 11) is 1.66. The summed E-state index contributed by atoms with van der Waals surface area (Å²) in [5, 5.41) is 5.96. The van der Waals surface area contributed by atoms with E-state index in [4.69, 9.17) is 5.73 Å². The molecular formula is C21H33FIN5O2. The number of amides is 2. The summed E-state index contributed by atoms with van der Waals surface area (Å²) in [6.45, 7) is 4.61. The highest BCUT2D eigenvalue weighted by atomic mass is 127. The largest absolute Gasteiger partial charge is 0.369 e. The number of nitrogens with zero attached hydrogens (tertiary/aromatic N) is 2. The minimum atomic E-state index is -0.458. The Labute approximate surface area is 195 Å². The number of benzene rings is 1. The molecule has 2 rings (SSSR count). The second kappa shape index (κ2) is 13.4. The number of piperidine rings is 1. The van der Waals surface area contributed by atoms with E-state index in [0.29, 0.717) is 18.8 Å². The second-order valence-electron chi connectivity index (χ2n) is 7.43. The first-order chi connectivity index (χ1) is 13.9. The van der Waals surface area contributed by atoms with E-state index in [-0.39, 0.29) is 42.2 Å². The molecule has 1 saturated heterocycles. The number of carbonyl (C=O) groups excluding carboxylic acids is 2. The van der Waals surface area contributed by atoms with Crippen molar-refractivity contribution in [2.24, 2.45) is 22.6 Å². The molecule has 1 aliphatic rings. The number of primary amides is 1. The Morgan fingerprint density at radius 3 is 2.43 bits per heavy atom. The molecule has 0 aromatic heterocycles. The third-order valence-electron chi connectivity index (χ3n) is 5.26. The molecule has 1 unspecified atom stereocenters. The fraction of sp³-hybridized carbons (Fsp3) is 0.571. The second-order valence-corrected chi connectivity index (χ2v) is 7.43. The minimum Gasteiger partial charge on any atom is -0.369 e. The minimum absolute atomic E-state index is 0. The van der Waals surface area contributed by atoms with Crippen LogP contribution in [0.4, 0.5) is 4.39 Å². The summed E-state index contributed by atoms with van der Waals surface area (Å²) in [6.07, 6.45) is 2.82. The van der Waals surface area contributed by atoms with Gasteiger partial charge in [-0.2, -0.15) is 0 Å². The average molecular weight is 533 g/mol. The number of aliphatic imine (C=N–C) groups is 1. The van der Waals surface area contributed by atoms with E-state index < -0.39 is 11.8 Å². The van der Waals surface area contributed by atoms with Gasteiger partial charge in [-0.15, -0.1) is 24.0 Å². The van der Waals surface area contributed by atoms with E-state index in [2.05, 4.69) is 20.5 Å². The molecule has 1 aliphatic heterocycles. The third-order valence-corrected chi connectivity index (χ3v) is 5.26. The van der Waals surface area contributed by atoms with Crippen molar-refractivity contribution < 1.29 is 14.0 Å². The first kappa shape index (κ1) is 26.1. The van der Waals surface area contributed by atoms with Gasteiger partial charge in [-0.25, -0.2) is 4.39 Å². The lowest BCUT2D eigenvalue weighted by atomic mass is 9.93. The molecule has 0 saturated carbocycles. The van der Waals surface area contributed by atoms with Crippen LogP contribution >= 0.6 is 24.0 Å². The van der Waals surface area contributed by atoms with Crippen LogP contribution < -0.4 is 16.4 Å². The smallest absolute Gasteiger partial charge is 0.222 e. The van der Waals surface area contributed by atoms with Crippen LogP contribution in [-0.4, -0.2) is 55.9 Å². The Balaban J connectivity index is 0.00000450. The number of hydrogen-bond donors (Lipinski definition) is 3. The highest BCUT2D eigenvalue weighted by Crippen LogP contribution is 2.20. The third kappa shape index (κ3) is 8.45. The summed E-state index contributed by atoms with van der Waals surface area (Å²) < 4.78 is 13.1. The van der Waals surface area contributed by atoms with Crippen LogP contribution in [-0.2, 0) is 16.0 Å². The molecule has 2 amide bonds. The number of nitrogens with two attached hydrogens (primary N) is 1. The Morgan fingerprint density at radius 2 is 1.90 bits per heavy atom. The summed E-state index contributed by atoms with van der Waals surface area (Å²) in [5.41, 5.74) is 6.43. The Morgan fingerprint density at radius 1 is 1.27 bits per heavy atom. The Hall–Kier alpha value is -1.91. The van der Waals surface area contributed by atoms with Gasteiger partial charge in [0, 0.05) is 33.1 Å². The monoisotopic (exact) mass is 533 g/mol. The van der Waals surface area contributed by atoms with Gasteiger partial charge in [0.25, 0.3) is 0 Å². The van der Waals surface area contributed by atoms with Crippen molar-refractivity contribution in [2.75, 3.05) is 33.2 Å². The summed E-state index contributed by atoms with van der Waals surface area (Å²) in [5.74, 6) is 0.0334. The van der Waals surface area contributed by atoms with Gasteiger partial charge < -0.3 is 21.3 Å². The van der Waals surface area contributed by atoms with Gasteiger partial charge in [0.1, 0.15) is 5.82 Å². The highest BCUT2D eigenvalue weighted by molar-refractivity contribution is 14.0. The van der Waals surface area contributed by atoms with Gasteiger partial charge in [0.15, 0.2) is 5.96 Å². The van der Waals surface area contributed by atoms with Gasteiger partial charge in [-0.05, 0) is 49.8 Å². The van der Waals surface area contributed by atoms with Crippen LogP contribution in [0.5, 0.6) is 0 Å². The molecule has 30 heavy (non-hydrogen) atoms. The van der Waals surface area contributed by atoms with Crippen molar-refractivity contribution in [3.63, 3.8) is 0 Å². The zero-order valence-corrected chi connectivity index (χ0v) is 20.0. The molecule has 1 heterocycles. The number of halogens is 2. The van der Waals surface area contributed by atoms with E-state index in [9.17, 15) is 14.0 Å². The maximum atomic E-state index is 13.1. The van der Waals surface area contributed by atoms with E-state index in [0.717, 1.165) is 44.0 Å². The summed E-state index contributed by atoms with van der Waals surface area (Å²) in [6, 6.07) is 6.09. The standard InChI is InChI=1S/C21H32FN5O2.HI/c1-3-25-21(27-10-8-16(9-11-27)13-19(28)24-2)26-14-17(20(23)29)12-15-4-6-18(22)7-5-15;/h4-7,16-17H,3,8-14H2,1-2H3,(H2,23,29)(H,24,28)(H,25,26);1H. The zero-order chi connectivity index (χ0) is 21.2. The first-order valence-electron chi connectivity index (χ1n) is 10.2. The number of guanidine groups is 1. The molecule has 168 valence electrons. The molecule has 1 fully saturated rings. The zero-order valence-electron chi connectivity index (χ0n) is 17.7. The van der Waals surface area contributed by atoms with Crippen molar-refractivity contribution >= 4 is 41.8 Å². The molecule has 0 bridgehead atoms. The maximum Gasteiger partial charge on any atom is 0.222 e. The van der Waals surface area contributed by atoms with Crippen LogP contribution in [0, 0.1) is 17.7 Å². The predicted octanol–water partition coefficient (Wildman–Crippen LogP) is 1.90. The van der Waals surface area contributed by atoms with Gasteiger partial charge in [-0.3, -0.25) is 14.6 Å². The lowest BCUT2D eigenvalue weighted by molar-refractivity contribution is -0.122. The normalized spacial score (nSPS) is 15.8. The van der Waals surface area contributed by atoms with E-state index in [1.165, 1.54) is 12.1 Å². The molecule has 1 atom stereocenters. The Bertz CT molecular complexity index is 706. The fourth-order valence-corrected chi connectivity index (χ4v) is 3.50. The van der Waals surface area contributed by atoms with E-state index in [1.54, 1.807) is 19.2 Å². The lowest BCUT2D eigenvalue weighted by Crippen LogP contribution is -2.46. The molecule has 9 heteroatoms. The van der Waals surface area contributed by atoms with Crippen molar-refractivity contribution in [1.29, 1.82) is 0 Å². The molecule has 0 radical (unpaired) electrons. The summed E-state index contributed by atoms with van der Waals surface area (Å²) in [4.78, 5) is 30.3. The molecule has 1 aromatic carbocycles. The van der Waals surface area contributed by atoms with Gasteiger partial charge >= 0.3 is 0 Å². The highest BCUT2D eigenvalue weighted by Gasteiger charge is 2.24. The quantitative estimate of drug-likeness (QED) is 0.270. The van der Waals surface area contributed by atoms with Crippen LogP contribution in [0.3, 0.4) is 0 Å². The van der Waals surface area contributed by atoms with Crippen LogP contribution in [0.25, 0.3) is 0 Å². The molecule has 0 aliphatic carbocycles. The number of nitrogens with one attached hydrogen (secondary N) is 2. The number of likely N-dealkylation sites (tertiary alicyclic amines) is 1. The number of rotatable bonds is 8. The van der Waals surface area contributed by atoms with Crippen LogP contribution in [0.1, 0.15) is 31.7 Å². The van der Waals surface area contributed by atoms with Gasteiger partial charge in [0.2, 0.25) is 11.8 Å². The molecule has 4 N–H and O–H groups in total. The van der Waals surface area contributed by atoms with E-state index >= 15 is 0 Å². The topological polar surface area (TPSA) is 99.8 Å². The number of carbonyl (C=O) groups is 2. The van der Waals surface area contributed by atoms with Crippen molar-refractivity contribution in [3.05, 3.63) is 35.6 Å². The van der Waals surface area contributed by atoms with Gasteiger partial charge in [-0.1, -0.05) is 12.1 Å². The van der Waals surface area contributed by atoms with Crippen molar-refractivity contribution in [3.8, 4) is 0 Å². The predicted molar refractivity (Wildman–Crippen MR) is 127 cm³/mol. The molecular weight excluding hydrogens is 500 g/mol. The first-order valence-corrected chi connectivity index (χ1v) is 10.2. The van der Waals surface area contributed by atoms with Crippen molar-refractivity contribution in [1.82, 2.24) is 15.5 Å². The lowest BCUT2D eigenvalue weighted by Gasteiger charge is -2.34. The Kier molecular flexibility index (Phi) is 11.7. The fourth-order valence-electron chi connectivity index (χ4n) is 3.50.